The number of nitrogens with zero attached hydrogens (tertiary/aromatic N) is 3. The number of carbonyl (C=O) groups is 1. The molecule has 0 fully saturated rings. The number of hydrogen-bond donors (Lipinski definition) is 2. The molecule has 104 valence electrons. The summed E-state index contributed by atoms with van der Waals surface area (Å²) in [7, 11) is 0. The van der Waals surface area contributed by atoms with Gasteiger partial charge in [-0.2, -0.15) is 0 Å². The van der Waals surface area contributed by atoms with Crippen LogP contribution in [0.3, 0.4) is 0 Å². The number of rotatable bonds is 5. The Hall–Kier alpha value is -2.50. The molecule has 0 aliphatic rings. The number of nitrogens with one attached hydrogen (secondary N) is 2. The highest BCUT2D eigenvalue weighted by molar-refractivity contribution is 6.02. The van der Waals surface area contributed by atoms with Crippen molar-refractivity contribution in [3.05, 3.63) is 42.1 Å². The lowest BCUT2D eigenvalue weighted by Gasteiger charge is -2.07. The molecule has 0 aromatic carbocycles. The molecule has 2 aromatic rings. The maximum absolute atomic E-state index is 12.1. The quantitative estimate of drug-likeness (QED) is 0.872. The molecule has 0 atom stereocenters. The van der Waals surface area contributed by atoms with E-state index in [9.17, 15) is 4.79 Å². The van der Waals surface area contributed by atoms with E-state index in [2.05, 4.69) is 32.5 Å². The Bertz CT molecular complexity index is 600. The molecule has 1 amide bonds. The number of hydrogen-bond acceptors (Lipinski definition) is 5. The minimum Gasteiger partial charge on any atom is -0.369 e. The first-order valence-corrected chi connectivity index (χ1v) is 6.49. The smallest absolute Gasteiger partial charge is 0.275 e. The molecule has 20 heavy (non-hydrogen) atoms. The van der Waals surface area contributed by atoms with E-state index in [0.717, 1.165) is 18.7 Å². The van der Waals surface area contributed by atoms with Crippen molar-refractivity contribution in [1.82, 2.24) is 15.0 Å². The van der Waals surface area contributed by atoms with E-state index >= 15 is 0 Å². The molecular formula is C14H17N5O. The second-order valence-electron chi connectivity index (χ2n) is 4.36. The van der Waals surface area contributed by atoms with Gasteiger partial charge in [-0.25, -0.2) is 4.98 Å². The van der Waals surface area contributed by atoms with Gasteiger partial charge in [0, 0.05) is 24.1 Å². The highest BCUT2D eigenvalue weighted by Crippen LogP contribution is 2.09. The zero-order valence-electron chi connectivity index (χ0n) is 11.6. The minimum atomic E-state index is -0.289. The van der Waals surface area contributed by atoms with Crippen molar-refractivity contribution in [2.75, 3.05) is 17.2 Å². The Morgan fingerprint density at radius 2 is 2.20 bits per heavy atom. The van der Waals surface area contributed by atoms with Crippen LogP contribution in [-0.4, -0.2) is 27.4 Å². The molecule has 6 heteroatoms. The summed E-state index contributed by atoms with van der Waals surface area (Å²) in [6.07, 6.45) is 5.67. The first-order valence-electron chi connectivity index (χ1n) is 6.49. The first-order chi connectivity index (χ1) is 9.69. The Morgan fingerprint density at radius 1 is 1.35 bits per heavy atom. The van der Waals surface area contributed by atoms with E-state index in [1.54, 1.807) is 24.5 Å². The normalized spacial score (nSPS) is 10.1. The lowest BCUT2D eigenvalue weighted by atomic mass is 10.3. The van der Waals surface area contributed by atoms with Gasteiger partial charge in [0.05, 0.1) is 12.4 Å². The Labute approximate surface area is 117 Å². The van der Waals surface area contributed by atoms with E-state index in [-0.39, 0.29) is 11.6 Å². The molecule has 0 radical (unpaired) electrons. The minimum absolute atomic E-state index is 0.278. The molecule has 6 nitrogen and oxygen atoms in total. The molecule has 2 aromatic heterocycles. The maximum atomic E-state index is 12.1. The fraction of sp³-hybridized carbons (Fsp3) is 0.286. The van der Waals surface area contributed by atoms with E-state index < -0.39 is 0 Å². The number of anilines is 2. The van der Waals surface area contributed by atoms with Crippen LogP contribution in [0.4, 0.5) is 11.5 Å². The van der Waals surface area contributed by atoms with Crippen molar-refractivity contribution < 1.29 is 4.79 Å². The van der Waals surface area contributed by atoms with Gasteiger partial charge < -0.3 is 10.6 Å². The van der Waals surface area contributed by atoms with Crippen LogP contribution in [0.5, 0.6) is 0 Å². The van der Waals surface area contributed by atoms with Crippen LogP contribution in [0.25, 0.3) is 0 Å². The number of carbonyl (C=O) groups excluding carboxylic acids is 1. The van der Waals surface area contributed by atoms with Gasteiger partial charge in [0.15, 0.2) is 0 Å². The highest BCUT2D eigenvalue weighted by atomic mass is 16.1. The highest BCUT2D eigenvalue weighted by Gasteiger charge is 2.09. The van der Waals surface area contributed by atoms with Gasteiger partial charge in [0.2, 0.25) is 0 Å². The fourth-order valence-electron chi connectivity index (χ4n) is 1.63. The largest absolute Gasteiger partial charge is 0.369 e. The van der Waals surface area contributed by atoms with E-state index in [0.29, 0.717) is 11.5 Å². The van der Waals surface area contributed by atoms with E-state index in [1.807, 2.05) is 6.92 Å². The summed E-state index contributed by atoms with van der Waals surface area (Å²) >= 11 is 0. The van der Waals surface area contributed by atoms with Gasteiger partial charge in [0.25, 0.3) is 5.91 Å². The van der Waals surface area contributed by atoms with Gasteiger partial charge in [0.1, 0.15) is 11.5 Å². The van der Waals surface area contributed by atoms with Crippen molar-refractivity contribution in [3.63, 3.8) is 0 Å². The molecule has 0 saturated heterocycles. The topological polar surface area (TPSA) is 79.8 Å². The predicted molar refractivity (Wildman–Crippen MR) is 77.7 cm³/mol. The van der Waals surface area contributed by atoms with Crippen LogP contribution in [0, 0.1) is 6.92 Å². The van der Waals surface area contributed by atoms with Crippen molar-refractivity contribution in [2.45, 2.75) is 20.3 Å². The third-order valence-electron chi connectivity index (χ3n) is 2.58. The van der Waals surface area contributed by atoms with Crippen molar-refractivity contribution >= 4 is 17.4 Å². The second kappa shape index (κ2) is 6.60. The number of aryl methyl sites for hydroxylation is 1. The Kier molecular flexibility index (Phi) is 4.60. The zero-order valence-corrected chi connectivity index (χ0v) is 11.6. The molecule has 0 bridgehead atoms. The van der Waals surface area contributed by atoms with Crippen LogP contribution in [0.2, 0.25) is 0 Å². The molecule has 0 aliphatic heterocycles. The summed E-state index contributed by atoms with van der Waals surface area (Å²) in [5, 5.41) is 5.87. The third-order valence-corrected chi connectivity index (χ3v) is 2.58. The zero-order chi connectivity index (χ0) is 14.4. The molecular weight excluding hydrogens is 254 g/mol. The third kappa shape index (κ3) is 3.74. The summed E-state index contributed by atoms with van der Waals surface area (Å²) in [6.45, 7) is 4.72. The summed E-state index contributed by atoms with van der Waals surface area (Å²) in [5.74, 6) is 0.314. The fourth-order valence-corrected chi connectivity index (χ4v) is 1.63. The molecule has 0 unspecified atom stereocenters. The maximum Gasteiger partial charge on any atom is 0.275 e. The monoisotopic (exact) mass is 271 g/mol. The van der Waals surface area contributed by atoms with E-state index in [1.165, 1.54) is 6.20 Å². The molecule has 2 N–H and O–H groups in total. The second-order valence-corrected chi connectivity index (χ2v) is 4.36. The standard InChI is InChI=1S/C14H17N5O/c1-3-5-17-13-9-15-8-12(19-13)14(20)18-11-4-6-16-10(2)7-11/h4,6-9H,3,5H2,1-2H3,(H,17,19)(H,16,18,20). The van der Waals surface area contributed by atoms with Crippen molar-refractivity contribution in [3.8, 4) is 0 Å². The molecule has 2 heterocycles. The predicted octanol–water partition coefficient (Wildman–Crippen LogP) is 2.25. The average Bonchev–Trinajstić information content (AvgIpc) is 2.45. The van der Waals surface area contributed by atoms with Crippen LogP contribution < -0.4 is 10.6 Å². The summed E-state index contributed by atoms with van der Waals surface area (Å²) < 4.78 is 0. The van der Waals surface area contributed by atoms with Gasteiger partial charge in [-0.1, -0.05) is 6.92 Å². The van der Waals surface area contributed by atoms with Gasteiger partial charge in [-0.05, 0) is 25.5 Å². The van der Waals surface area contributed by atoms with Gasteiger partial charge in [-0.15, -0.1) is 0 Å². The summed E-state index contributed by atoms with van der Waals surface area (Å²) in [4.78, 5) is 24.4. The Balaban J connectivity index is 2.09. The van der Waals surface area contributed by atoms with E-state index in [4.69, 9.17) is 0 Å². The van der Waals surface area contributed by atoms with Crippen molar-refractivity contribution in [1.29, 1.82) is 0 Å². The van der Waals surface area contributed by atoms with Crippen molar-refractivity contribution in [2.24, 2.45) is 0 Å². The lowest BCUT2D eigenvalue weighted by molar-refractivity contribution is 0.102. The molecule has 0 aliphatic carbocycles. The van der Waals surface area contributed by atoms with Crippen LogP contribution in [-0.2, 0) is 0 Å². The van der Waals surface area contributed by atoms with Crippen LogP contribution in [0.15, 0.2) is 30.7 Å². The molecule has 0 saturated carbocycles. The summed E-state index contributed by atoms with van der Waals surface area (Å²) in [5.41, 5.74) is 1.81. The molecule has 2 rings (SSSR count). The summed E-state index contributed by atoms with van der Waals surface area (Å²) in [6, 6.07) is 3.53. The average molecular weight is 271 g/mol. The number of aromatic nitrogens is 3. The number of pyridine rings is 1. The molecule has 0 spiro atoms. The SMILES string of the molecule is CCCNc1cncc(C(=O)Nc2ccnc(C)c2)n1. The Morgan fingerprint density at radius 3 is 2.95 bits per heavy atom. The first kappa shape index (κ1) is 13.9. The van der Waals surface area contributed by atoms with Crippen LogP contribution >= 0.6 is 0 Å². The number of amides is 1. The lowest BCUT2D eigenvalue weighted by Crippen LogP contribution is -2.15. The van der Waals surface area contributed by atoms with Gasteiger partial charge in [-0.3, -0.25) is 14.8 Å². The van der Waals surface area contributed by atoms with Gasteiger partial charge >= 0.3 is 0 Å². The van der Waals surface area contributed by atoms with Crippen LogP contribution in [0.1, 0.15) is 29.5 Å².